The van der Waals surface area contributed by atoms with E-state index in [1.54, 1.807) is 41.1 Å². The molecule has 0 saturated heterocycles. The number of hydrogen-bond donors (Lipinski definition) is 1. The van der Waals surface area contributed by atoms with Crippen LogP contribution in [0.2, 0.25) is 5.02 Å². The third-order valence-corrected chi connectivity index (χ3v) is 5.96. The molecule has 0 aliphatic rings. The fourth-order valence-electron chi connectivity index (χ4n) is 3.89. The van der Waals surface area contributed by atoms with Gasteiger partial charge in [-0.25, -0.2) is 9.48 Å². The molecule has 4 aromatic rings. The molecular weight excluding hydrogens is 438 g/mol. The van der Waals surface area contributed by atoms with Crippen LogP contribution in [0.1, 0.15) is 33.2 Å². The summed E-state index contributed by atoms with van der Waals surface area (Å²) in [6.07, 6.45) is 0. The number of hydrogen-bond acceptors (Lipinski definition) is 4. The number of benzene rings is 3. The summed E-state index contributed by atoms with van der Waals surface area (Å²) in [5.74, 6) is -0.402. The predicted octanol–water partition coefficient (Wildman–Crippen LogP) is 5.13. The van der Waals surface area contributed by atoms with Crippen molar-refractivity contribution in [3.8, 4) is 5.69 Å². The summed E-state index contributed by atoms with van der Waals surface area (Å²) in [5, 5.41) is 4.08. The summed E-state index contributed by atoms with van der Waals surface area (Å²) in [4.78, 5) is 25.5. The summed E-state index contributed by atoms with van der Waals surface area (Å²) < 4.78 is 8.30. The number of ether oxygens (including phenoxy) is 1. The topological polar surface area (TPSA) is 65.3 Å². The number of methoxy groups -OCH3 is 1. The molecule has 4 rings (SSSR count). The molecule has 0 saturated carbocycles. The van der Waals surface area contributed by atoms with Crippen molar-refractivity contribution >= 4 is 23.3 Å². The van der Waals surface area contributed by atoms with E-state index in [4.69, 9.17) is 16.3 Å². The average molecular weight is 462 g/mol. The van der Waals surface area contributed by atoms with Crippen LogP contribution < -0.4 is 10.9 Å². The van der Waals surface area contributed by atoms with Crippen LogP contribution in [0.3, 0.4) is 0 Å². The highest BCUT2D eigenvalue weighted by Gasteiger charge is 2.25. The molecule has 168 valence electrons. The van der Waals surface area contributed by atoms with Crippen molar-refractivity contribution in [2.75, 3.05) is 12.4 Å². The minimum absolute atomic E-state index is 0.111. The van der Waals surface area contributed by atoms with E-state index in [0.717, 1.165) is 22.6 Å². The van der Waals surface area contributed by atoms with Gasteiger partial charge >= 0.3 is 5.97 Å². The molecule has 0 radical (unpaired) electrons. The zero-order valence-corrected chi connectivity index (χ0v) is 19.3. The Balaban J connectivity index is 1.82. The number of anilines is 1. The van der Waals surface area contributed by atoms with Gasteiger partial charge in [-0.3, -0.25) is 9.48 Å². The van der Waals surface area contributed by atoms with Gasteiger partial charge in [-0.15, -0.1) is 0 Å². The second-order valence-corrected chi connectivity index (χ2v) is 8.11. The number of nitrogens with zero attached hydrogens (tertiary/aromatic N) is 2. The normalized spacial score (nSPS) is 11.8. The zero-order chi connectivity index (χ0) is 23.5. The highest BCUT2D eigenvalue weighted by molar-refractivity contribution is 6.30. The van der Waals surface area contributed by atoms with E-state index < -0.39 is 12.0 Å². The molecule has 6 nitrogen and oxygen atoms in total. The van der Waals surface area contributed by atoms with Gasteiger partial charge in [0.2, 0.25) is 0 Å². The number of carbonyl (C=O) groups is 1. The lowest BCUT2D eigenvalue weighted by molar-refractivity contribution is 0.0601. The van der Waals surface area contributed by atoms with Gasteiger partial charge in [0.15, 0.2) is 0 Å². The highest BCUT2D eigenvalue weighted by Crippen LogP contribution is 2.29. The van der Waals surface area contributed by atoms with E-state index in [2.05, 4.69) is 5.32 Å². The molecule has 1 N–H and O–H groups in total. The molecule has 3 aromatic carbocycles. The van der Waals surface area contributed by atoms with Gasteiger partial charge in [0.1, 0.15) is 0 Å². The molecule has 0 aliphatic heterocycles. The van der Waals surface area contributed by atoms with Crippen molar-refractivity contribution in [2.45, 2.75) is 13.0 Å². The number of nitrogens with one attached hydrogen (secondary N) is 1. The summed E-state index contributed by atoms with van der Waals surface area (Å²) in [5.41, 5.74) is 4.24. The van der Waals surface area contributed by atoms with Crippen LogP contribution in [0.25, 0.3) is 5.69 Å². The molecule has 1 atom stereocenters. The third kappa shape index (κ3) is 4.43. The Morgan fingerprint density at radius 1 is 0.970 bits per heavy atom. The average Bonchev–Trinajstić information content (AvgIpc) is 3.06. The number of aromatic nitrogens is 2. The van der Waals surface area contributed by atoms with Crippen molar-refractivity contribution in [3.05, 3.63) is 117 Å². The monoisotopic (exact) mass is 461 g/mol. The first-order valence-corrected chi connectivity index (χ1v) is 10.8. The summed E-state index contributed by atoms with van der Waals surface area (Å²) in [6.45, 7) is 1.93. The second-order valence-electron chi connectivity index (χ2n) is 7.67. The van der Waals surface area contributed by atoms with Gasteiger partial charge < -0.3 is 10.1 Å². The molecule has 0 fully saturated rings. The lowest BCUT2D eigenvalue weighted by Gasteiger charge is -2.20. The van der Waals surface area contributed by atoms with Crippen molar-refractivity contribution in [3.63, 3.8) is 0 Å². The highest BCUT2D eigenvalue weighted by atomic mass is 35.5. The van der Waals surface area contributed by atoms with Gasteiger partial charge in [-0.2, -0.15) is 0 Å². The fraction of sp³-hybridized carbons (Fsp3) is 0.154. The molecule has 7 heteroatoms. The SMILES string of the molecule is COC(=O)c1ccc(N[C@H](c2ccc(Cl)cc2)c2c(C)n(C)n(-c3ccccc3)c2=O)cc1. The van der Waals surface area contributed by atoms with Crippen LogP contribution >= 0.6 is 11.6 Å². The Labute approximate surface area is 197 Å². The van der Waals surface area contributed by atoms with E-state index in [1.165, 1.54) is 7.11 Å². The van der Waals surface area contributed by atoms with E-state index in [0.29, 0.717) is 16.1 Å². The number of carbonyl (C=O) groups excluding carboxylic acids is 1. The maximum atomic E-state index is 13.7. The maximum Gasteiger partial charge on any atom is 0.337 e. The molecule has 1 heterocycles. The van der Waals surface area contributed by atoms with Crippen LogP contribution in [0, 0.1) is 6.92 Å². The van der Waals surface area contributed by atoms with Gasteiger partial charge in [0, 0.05) is 23.5 Å². The van der Waals surface area contributed by atoms with Crippen LogP contribution in [0.5, 0.6) is 0 Å². The van der Waals surface area contributed by atoms with Gasteiger partial charge in [-0.05, 0) is 61.0 Å². The molecule has 0 spiro atoms. The first-order valence-electron chi connectivity index (χ1n) is 10.4. The number of esters is 1. The minimum Gasteiger partial charge on any atom is -0.465 e. The number of rotatable bonds is 6. The largest absolute Gasteiger partial charge is 0.465 e. The summed E-state index contributed by atoms with van der Waals surface area (Å²) in [6, 6.07) is 23.5. The van der Waals surface area contributed by atoms with Crippen molar-refractivity contribution < 1.29 is 9.53 Å². The van der Waals surface area contributed by atoms with Crippen LogP contribution in [0.4, 0.5) is 5.69 Å². The molecule has 0 bridgehead atoms. The Morgan fingerprint density at radius 2 is 1.61 bits per heavy atom. The second kappa shape index (κ2) is 9.38. The lowest BCUT2D eigenvalue weighted by Crippen LogP contribution is -2.24. The third-order valence-electron chi connectivity index (χ3n) is 5.71. The minimum atomic E-state index is -0.435. The molecular formula is C26H24ClN3O3. The zero-order valence-electron chi connectivity index (χ0n) is 18.6. The molecule has 0 amide bonds. The first-order chi connectivity index (χ1) is 15.9. The predicted molar refractivity (Wildman–Crippen MR) is 130 cm³/mol. The van der Waals surface area contributed by atoms with Crippen molar-refractivity contribution in [1.82, 2.24) is 9.36 Å². The molecule has 33 heavy (non-hydrogen) atoms. The molecule has 1 aromatic heterocycles. The molecule has 0 aliphatic carbocycles. The number of para-hydroxylation sites is 1. The molecule has 0 unspecified atom stereocenters. The summed E-state index contributed by atoms with van der Waals surface area (Å²) >= 11 is 6.12. The van der Waals surface area contributed by atoms with Crippen molar-refractivity contribution in [1.29, 1.82) is 0 Å². The Hall–Kier alpha value is -3.77. The van der Waals surface area contributed by atoms with Crippen molar-refractivity contribution in [2.24, 2.45) is 7.05 Å². The smallest absolute Gasteiger partial charge is 0.337 e. The van der Waals surface area contributed by atoms with E-state index in [1.807, 2.05) is 61.1 Å². The maximum absolute atomic E-state index is 13.7. The van der Waals surface area contributed by atoms with Crippen LogP contribution in [-0.4, -0.2) is 22.4 Å². The van der Waals surface area contributed by atoms with Gasteiger partial charge in [0.05, 0.1) is 30.0 Å². The Kier molecular flexibility index (Phi) is 6.38. The van der Waals surface area contributed by atoms with E-state index in [-0.39, 0.29) is 5.56 Å². The summed E-state index contributed by atoms with van der Waals surface area (Å²) in [7, 11) is 3.22. The Morgan fingerprint density at radius 3 is 2.21 bits per heavy atom. The number of halogens is 1. The van der Waals surface area contributed by atoms with Gasteiger partial charge in [-0.1, -0.05) is 41.9 Å². The Bertz CT molecular complexity index is 1320. The van der Waals surface area contributed by atoms with E-state index >= 15 is 0 Å². The fourth-order valence-corrected chi connectivity index (χ4v) is 4.01. The first kappa shape index (κ1) is 22.4. The van der Waals surface area contributed by atoms with Gasteiger partial charge in [0.25, 0.3) is 5.56 Å². The standard InChI is InChI=1S/C26H24ClN3O3/c1-17-23(25(31)30(29(17)2)22-7-5-4-6-8-22)24(18-9-13-20(27)14-10-18)28-21-15-11-19(12-16-21)26(32)33-3/h4-16,24,28H,1-3H3/t24-/m1/s1. The van der Waals surface area contributed by atoms with E-state index in [9.17, 15) is 9.59 Å². The van der Waals surface area contributed by atoms with Crippen LogP contribution in [-0.2, 0) is 11.8 Å². The lowest BCUT2D eigenvalue weighted by atomic mass is 9.98. The quantitative estimate of drug-likeness (QED) is 0.404. The van der Waals surface area contributed by atoms with Crippen LogP contribution in [0.15, 0.2) is 83.7 Å².